The molecule has 4 nitrogen and oxygen atoms in total. The molecule has 7 heteroatoms. The minimum Gasteiger partial charge on any atom is -0.378 e. The second-order valence-electron chi connectivity index (χ2n) is 7.85. The van der Waals surface area contributed by atoms with Crippen LogP contribution in [0, 0.1) is 0 Å². The quantitative estimate of drug-likeness (QED) is 0.604. The number of alkyl halides is 3. The van der Waals surface area contributed by atoms with Gasteiger partial charge in [-0.3, -0.25) is 14.7 Å². The van der Waals surface area contributed by atoms with Gasteiger partial charge < -0.3 is 5.32 Å². The second-order valence-corrected chi connectivity index (χ2v) is 7.85. The van der Waals surface area contributed by atoms with Crippen molar-refractivity contribution in [2.24, 2.45) is 4.99 Å². The van der Waals surface area contributed by atoms with Gasteiger partial charge in [-0.25, -0.2) is 0 Å². The summed E-state index contributed by atoms with van der Waals surface area (Å²) in [6.45, 7) is 0.907. The summed E-state index contributed by atoms with van der Waals surface area (Å²) in [6, 6.07) is 22.8. The fourth-order valence-corrected chi connectivity index (χ4v) is 4.37. The molecule has 3 aromatic carbocycles. The van der Waals surface area contributed by atoms with Crippen molar-refractivity contribution in [3.05, 3.63) is 113 Å². The maximum Gasteiger partial charge on any atom is 0.416 e. The molecule has 3 aromatic rings. The molecule has 33 heavy (non-hydrogen) atoms. The third kappa shape index (κ3) is 3.80. The number of nitrogens with one attached hydrogen (secondary N) is 1. The molecular weight excluding hydrogens is 427 g/mol. The van der Waals surface area contributed by atoms with E-state index in [1.54, 1.807) is 35.2 Å². The molecule has 2 aliphatic heterocycles. The van der Waals surface area contributed by atoms with E-state index >= 15 is 0 Å². The van der Waals surface area contributed by atoms with Crippen molar-refractivity contribution in [1.82, 2.24) is 5.32 Å². The zero-order chi connectivity index (χ0) is 23.0. The second kappa shape index (κ2) is 8.24. The number of benzene rings is 3. The molecule has 0 saturated carbocycles. The average molecular weight is 447 g/mol. The predicted molar refractivity (Wildman–Crippen MR) is 121 cm³/mol. The summed E-state index contributed by atoms with van der Waals surface area (Å²) in [5, 5.41) is 3.19. The fraction of sp³-hybridized carbons (Fsp3) is 0.154. The lowest BCUT2D eigenvalue weighted by atomic mass is 9.90. The number of para-hydroxylation sites is 1. The zero-order valence-electron chi connectivity index (χ0n) is 17.5. The van der Waals surface area contributed by atoms with Crippen LogP contribution in [0.2, 0.25) is 0 Å². The molecular formula is C26H20F3N3O. The van der Waals surface area contributed by atoms with Crippen LogP contribution in [0.1, 0.15) is 22.7 Å². The van der Waals surface area contributed by atoms with E-state index in [1.165, 1.54) is 6.07 Å². The van der Waals surface area contributed by atoms with Gasteiger partial charge in [0.05, 0.1) is 23.9 Å². The number of nitrogens with zero attached hydrogens (tertiary/aromatic N) is 2. The van der Waals surface area contributed by atoms with Gasteiger partial charge in [-0.15, -0.1) is 0 Å². The van der Waals surface area contributed by atoms with Crippen molar-refractivity contribution in [3.63, 3.8) is 0 Å². The first-order valence-electron chi connectivity index (χ1n) is 10.6. The first-order valence-corrected chi connectivity index (χ1v) is 10.6. The SMILES string of the molecule is O=C1C2=C(C(c3ccccc3)=NCCN2)C(c2cccc(C(F)(F)F)c2)N1c1ccccc1. The Morgan fingerprint density at radius 2 is 1.61 bits per heavy atom. The molecule has 0 fully saturated rings. The molecule has 1 N–H and O–H groups in total. The van der Waals surface area contributed by atoms with Gasteiger partial charge in [0, 0.05) is 23.4 Å². The molecule has 166 valence electrons. The third-order valence-electron chi connectivity index (χ3n) is 5.78. The average Bonchev–Trinajstić information content (AvgIpc) is 2.97. The van der Waals surface area contributed by atoms with Gasteiger partial charge in [0.2, 0.25) is 0 Å². The molecule has 1 atom stereocenters. The number of amides is 1. The number of carbonyl (C=O) groups is 1. The molecule has 5 rings (SSSR count). The highest BCUT2D eigenvalue weighted by Crippen LogP contribution is 2.43. The minimum atomic E-state index is -4.49. The van der Waals surface area contributed by atoms with Gasteiger partial charge >= 0.3 is 6.18 Å². The number of aliphatic imine (C=N–C) groups is 1. The Kier molecular flexibility index (Phi) is 5.24. The fourth-order valence-electron chi connectivity index (χ4n) is 4.37. The summed E-state index contributed by atoms with van der Waals surface area (Å²) in [7, 11) is 0. The molecule has 0 bridgehead atoms. The molecule has 0 spiro atoms. The van der Waals surface area contributed by atoms with Crippen LogP contribution >= 0.6 is 0 Å². The van der Waals surface area contributed by atoms with Crippen LogP contribution in [0.5, 0.6) is 0 Å². The van der Waals surface area contributed by atoms with Gasteiger partial charge in [-0.2, -0.15) is 13.2 Å². The van der Waals surface area contributed by atoms with Gasteiger partial charge in [-0.1, -0.05) is 60.7 Å². The highest BCUT2D eigenvalue weighted by molar-refractivity contribution is 6.23. The Balaban J connectivity index is 1.74. The molecule has 0 aromatic heterocycles. The number of hydrogen-bond acceptors (Lipinski definition) is 3. The van der Waals surface area contributed by atoms with E-state index in [9.17, 15) is 18.0 Å². The summed E-state index contributed by atoms with van der Waals surface area (Å²) in [5.41, 5.74) is 2.62. The van der Waals surface area contributed by atoms with Gasteiger partial charge in [0.1, 0.15) is 5.70 Å². The normalized spacial score (nSPS) is 18.5. The van der Waals surface area contributed by atoms with Crippen molar-refractivity contribution in [1.29, 1.82) is 0 Å². The molecule has 0 aliphatic carbocycles. The summed E-state index contributed by atoms with van der Waals surface area (Å²) in [6.07, 6.45) is -4.49. The van der Waals surface area contributed by atoms with E-state index in [-0.39, 0.29) is 5.91 Å². The van der Waals surface area contributed by atoms with Crippen molar-refractivity contribution < 1.29 is 18.0 Å². The highest BCUT2D eigenvalue weighted by atomic mass is 19.4. The standard InChI is InChI=1S/C26H20F3N3O/c27-26(28,29)19-11-7-10-18(16-19)24-21-22(17-8-3-1-4-9-17)30-14-15-31-23(21)25(33)32(24)20-12-5-2-6-13-20/h1-13,16,24,31H,14-15H2. The van der Waals surface area contributed by atoms with Crippen molar-refractivity contribution in [2.45, 2.75) is 12.2 Å². The van der Waals surface area contributed by atoms with Crippen LogP contribution in [0.25, 0.3) is 0 Å². The molecule has 1 amide bonds. The Labute approximate surface area is 189 Å². The molecule has 0 saturated heterocycles. The van der Waals surface area contributed by atoms with E-state index < -0.39 is 17.8 Å². The van der Waals surface area contributed by atoms with Crippen LogP contribution in [-0.4, -0.2) is 24.7 Å². The smallest absolute Gasteiger partial charge is 0.378 e. The lowest BCUT2D eigenvalue weighted by Gasteiger charge is -2.28. The van der Waals surface area contributed by atoms with E-state index in [1.807, 2.05) is 36.4 Å². The van der Waals surface area contributed by atoms with Gasteiger partial charge in [0.15, 0.2) is 0 Å². The molecule has 2 aliphatic rings. The maximum atomic E-state index is 13.7. The number of anilines is 1. The first-order chi connectivity index (χ1) is 15.9. The van der Waals surface area contributed by atoms with Crippen LogP contribution < -0.4 is 10.2 Å². The lowest BCUT2D eigenvalue weighted by Crippen LogP contribution is -2.33. The van der Waals surface area contributed by atoms with Crippen molar-refractivity contribution in [3.8, 4) is 0 Å². The lowest BCUT2D eigenvalue weighted by molar-refractivity contribution is -0.137. The van der Waals surface area contributed by atoms with E-state index in [2.05, 4.69) is 5.32 Å². The van der Waals surface area contributed by atoms with Gasteiger partial charge in [0.25, 0.3) is 5.91 Å². The van der Waals surface area contributed by atoms with Crippen molar-refractivity contribution >= 4 is 17.3 Å². The number of carbonyl (C=O) groups excluding carboxylic acids is 1. The number of hydrogen-bond donors (Lipinski definition) is 1. The zero-order valence-corrected chi connectivity index (χ0v) is 17.5. The van der Waals surface area contributed by atoms with E-state index in [4.69, 9.17) is 4.99 Å². The summed E-state index contributed by atoms with van der Waals surface area (Å²) < 4.78 is 40.7. The Morgan fingerprint density at radius 1 is 0.909 bits per heavy atom. The largest absolute Gasteiger partial charge is 0.416 e. The summed E-state index contributed by atoms with van der Waals surface area (Å²) >= 11 is 0. The molecule has 2 heterocycles. The minimum absolute atomic E-state index is 0.288. The maximum absolute atomic E-state index is 13.7. The van der Waals surface area contributed by atoms with E-state index in [0.29, 0.717) is 41.3 Å². The molecule has 0 radical (unpaired) electrons. The van der Waals surface area contributed by atoms with Crippen LogP contribution in [0.4, 0.5) is 18.9 Å². The molecule has 1 unspecified atom stereocenters. The van der Waals surface area contributed by atoms with Crippen LogP contribution in [0.3, 0.4) is 0 Å². The van der Waals surface area contributed by atoms with Gasteiger partial charge in [-0.05, 0) is 29.8 Å². The van der Waals surface area contributed by atoms with Crippen molar-refractivity contribution in [2.75, 3.05) is 18.0 Å². The third-order valence-corrected chi connectivity index (χ3v) is 5.78. The van der Waals surface area contributed by atoms with Crippen LogP contribution in [-0.2, 0) is 11.0 Å². The van der Waals surface area contributed by atoms with Crippen LogP contribution in [0.15, 0.2) is 101 Å². The Bertz CT molecular complexity index is 1250. The highest BCUT2D eigenvalue weighted by Gasteiger charge is 2.44. The first kappa shape index (κ1) is 21.0. The topological polar surface area (TPSA) is 44.7 Å². The number of halogens is 3. The Morgan fingerprint density at radius 3 is 2.30 bits per heavy atom. The van der Waals surface area contributed by atoms with E-state index in [0.717, 1.165) is 17.7 Å². The Hall–Kier alpha value is -3.87. The predicted octanol–water partition coefficient (Wildman–Crippen LogP) is 5.14. The summed E-state index contributed by atoms with van der Waals surface area (Å²) in [5.74, 6) is -0.288. The monoisotopic (exact) mass is 447 g/mol. The number of rotatable bonds is 3. The summed E-state index contributed by atoms with van der Waals surface area (Å²) in [4.78, 5) is 20.0.